The van der Waals surface area contributed by atoms with Gasteiger partial charge in [0.05, 0.1) is 25.7 Å². The monoisotopic (exact) mass is 483 g/mol. The van der Waals surface area contributed by atoms with Crippen molar-refractivity contribution >= 4 is 24.7 Å². The van der Waals surface area contributed by atoms with Crippen LogP contribution in [0, 0.1) is 0 Å². The fraction of sp³-hybridized carbons (Fsp3) is 0.261. The molecule has 0 atom stereocenters. The molecule has 11 heteroatoms. The van der Waals surface area contributed by atoms with Crippen molar-refractivity contribution in [1.82, 2.24) is 19.5 Å². The molecule has 0 spiro atoms. The van der Waals surface area contributed by atoms with Crippen LogP contribution in [0.3, 0.4) is 0 Å². The van der Waals surface area contributed by atoms with Gasteiger partial charge in [-0.25, -0.2) is 4.98 Å². The Bertz CT molecular complexity index is 1260. The Hall–Kier alpha value is -3.30. The number of nitrogen functional groups attached to an aromatic ring is 1. The first kappa shape index (κ1) is 23.8. The lowest BCUT2D eigenvalue weighted by atomic mass is 10.2. The van der Waals surface area contributed by atoms with Crippen LogP contribution in [-0.2, 0) is 38.3 Å². The van der Waals surface area contributed by atoms with E-state index < -0.39 is 13.2 Å². The van der Waals surface area contributed by atoms with Gasteiger partial charge in [-0.05, 0) is 17.5 Å². The Morgan fingerprint density at radius 2 is 1.59 bits per heavy atom. The van der Waals surface area contributed by atoms with Gasteiger partial charge in [0, 0.05) is 6.61 Å². The fourth-order valence-electron chi connectivity index (χ4n) is 3.25. The van der Waals surface area contributed by atoms with E-state index in [0.717, 1.165) is 11.1 Å². The van der Waals surface area contributed by atoms with Gasteiger partial charge in [0.25, 0.3) is 5.56 Å². The minimum atomic E-state index is -3.38. The minimum Gasteiger partial charge on any atom is -0.369 e. The molecule has 0 unspecified atom stereocenters. The Balaban J connectivity index is 1.32. The van der Waals surface area contributed by atoms with Crippen molar-refractivity contribution in [2.24, 2.45) is 0 Å². The summed E-state index contributed by atoms with van der Waals surface area (Å²) in [5.74, 6) is 0.00585. The molecule has 4 aromatic rings. The molecule has 0 saturated carbocycles. The van der Waals surface area contributed by atoms with Crippen molar-refractivity contribution in [2.45, 2.75) is 26.4 Å². The van der Waals surface area contributed by atoms with Crippen LogP contribution in [0.4, 0.5) is 5.95 Å². The molecular formula is C23H26N5O5P. The van der Waals surface area contributed by atoms with Gasteiger partial charge in [0.2, 0.25) is 5.95 Å². The van der Waals surface area contributed by atoms with E-state index in [2.05, 4.69) is 15.0 Å². The number of nitrogens with one attached hydrogen (secondary N) is 1. The number of benzene rings is 2. The normalized spacial score (nSPS) is 11.8. The number of hydrogen-bond acceptors (Lipinski definition) is 8. The molecule has 2 aromatic carbocycles. The summed E-state index contributed by atoms with van der Waals surface area (Å²) in [7, 11) is -3.38. The van der Waals surface area contributed by atoms with E-state index in [1.165, 1.54) is 6.33 Å². The summed E-state index contributed by atoms with van der Waals surface area (Å²) in [6.07, 6.45) is 2.11. The lowest BCUT2D eigenvalue weighted by Crippen LogP contribution is -2.13. The Kier molecular flexibility index (Phi) is 7.87. The lowest BCUT2D eigenvalue weighted by molar-refractivity contribution is 0.0785. The predicted molar refractivity (Wildman–Crippen MR) is 128 cm³/mol. The first-order valence-corrected chi connectivity index (χ1v) is 12.5. The van der Waals surface area contributed by atoms with Crippen LogP contribution in [0.15, 0.2) is 71.8 Å². The van der Waals surface area contributed by atoms with E-state index in [-0.39, 0.29) is 37.6 Å². The molecule has 0 radical (unpaired) electrons. The maximum Gasteiger partial charge on any atom is 0.331 e. The van der Waals surface area contributed by atoms with Gasteiger partial charge < -0.3 is 19.5 Å². The van der Waals surface area contributed by atoms with E-state index in [9.17, 15) is 9.36 Å². The number of nitrogens with zero attached hydrogens (tertiary/aromatic N) is 3. The SMILES string of the molecule is Nc1nc2c(ncn2COCCCP(=O)(OCc2ccccc2)OCc2ccccc2)c(=O)[nH]1. The summed E-state index contributed by atoms with van der Waals surface area (Å²) >= 11 is 0. The topological polar surface area (TPSA) is 134 Å². The van der Waals surface area contributed by atoms with Crippen LogP contribution >= 0.6 is 7.60 Å². The molecule has 0 saturated heterocycles. The van der Waals surface area contributed by atoms with Crippen LogP contribution in [0.2, 0.25) is 0 Å². The number of aromatic nitrogens is 4. The van der Waals surface area contributed by atoms with Crippen molar-refractivity contribution in [3.8, 4) is 0 Å². The molecule has 4 rings (SSSR count). The molecule has 0 aliphatic heterocycles. The highest BCUT2D eigenvalue weighted by Crippen LogP contribution is 2.50. The highest BCUT2D eigenvalue weighted by Gasteiger charge is 2.24. The van der Waals surface area contributed by atoms with Crippen molar-refractivity contribution < 1.29 is 18.3 Å². The standard InChI is InChI=1S/C23H26N5O5P/c24-23-26-21-20(22(29)27-23)25-16-28(21)17-31-12-7-13-34(30,32-14-18-8-3-1-4-9-18)33-15-19-10-5-2-6-11-19/h1-6,8-11,16H,7,12-15,17H2,(H3,24,26,27,29). The molecule has 0 amide bonds. The van der Waals surface area contributed by atoms with Gasteiger partial charge in [0.15, 0.2) is 11.2 Å². The van der Waals surface area contributed by atoms with Crippen LogP contribution in [-0.4, -0.2) is 32.3 Å². The zero-order valence-corrected chi connectivity index (χ0v) is 19.4. The highest BCUT2D eigenvalue weighted by atomic mass is 31.2. The molecule has 10 nitrogen and oxygen atoms in total. The number of rotatable bonds is 12. The highest BCUT2D eigenvalue weighted by molar-refractivity contribution is 7.53. The number of aromatic amines is 1. The molecular weight excluding hydrogens is 457 g/mol. The zero-order chi connectivity index (χ0) is 23.8. The number of nitrogens with two attached hydrogens (primary N) is 1. The van der Waals surface area contributed by atoms with Gasteiger partial charge >= 0.3 is 7.60 Å². The summed E-state index contributed by atoms with van der Waals surface area (Å²) in [5.41, 5.74) is 7.55. The maximum atomic E-state index is 13.4. The van der Waals surface area contributed by atoms with E-state index in [1.54, 1.807) is 4.57 Å². The second-order valence-electron chi connectivity index (χ2n) is 7.58. The molecule has 0 fully saturated rings. The number of imidazole rings is 1. The van der Waals surface area contributed by atoms with Crippen molar-refractivity contribution in [1.29, 1.82) is 0 Å². The molecule has 34 heavy (non-hydrogen) atoms. The molecule has 0 bridgehead atoms. The quantitative estimate of drug-likeness (QED) is 0.230. The summed E-state index contributed by atoms with van der Waals surface area (Å²) in [4.78, 5) is 22.4. The van der Waals surface area contributed by atoms with Gasteiger partial charge in [-0.15, -0.1) is 0 Å². The first-order valence-electron chi connectivity index (χ1n) is 10.8. The summed E-state index contributed by atoms with van der Waals surface area (Å²) < 4.78 is 32.2. The van der Waals surface area contributed by atoms with Crippen molar-refractivity contribution in [2.75, 3.05) is 18.5 Å². The van der Waals surface area contributed by atoms with Gasteiger partial charge in [-0.1, -0.05) is 60.7 Å². The van der Waals surface area contributed by atoms with Crippen LogP contribution in [0.1, 0.15) is 17.5 Å². The zero-order valence-electron chi connectivity index (χ0n) is 18.5. The van der Waals surface area contributed by atoms with E-state index in [4.69, 9.17) is 19.5 Å². The van der Waals surface area contributed by atoms with Crippen LogP contribution in [0.5, 0.6) is 0 Å². The third-order valence-corrected chi connectivity index (χ3v) is 6.89. The number of fused-ring (bicyclic) bond motifs is 1. The van der Waals surface area contributed by atoms with Crippen molar-refractivity contribution in [3.05, 3.63) is 88.5 Å². The second kappa shape index (κ2) is 11.2. The maximum absolute atomic E-state index is 13.4. The summed E-state index contributed by atoms with van der Waals surface area (Å²) in [5, 5.41) is 0. The smallest absolute Gasteiger partial charge is 0.331 e. The van der Waals surface area contributed by atoms with E-state index in [1.807, 2.05) is 60.7 Å². The molecule has 2 aromatic heterocycles. The average molecular weight is 483 g/mol. The first-order chi connectivity index (χ1) is 16.5. The molecule has 3 N–H and O–H groups in total. The molecule has 0 aliphatic carbocycles. The number of hydrogen-bond donors (Lipinski definition) is 2. The van der Waals surface area contributed by atoms with E-state index >= 15 is 0 Å². The number of anilines is 1. The van der Waals surface area contributed by atoms with E-state index in [0.29, 0.717) is 18.7 Å². The molecule has 178 valence electrons. The Morgan fingerprint density at radius 3 is 2.21 bits per heavy atom. The largest absolute Gasteiger partial charge is 0.369 e. The summed E-state index contributed by atoms with van der Waals surface area (Å²) in [6.45, 7) is 0.797. The second-order valence-corrected chi connectivity index (χ2v) is 9.77. The third-order valence-electron chi connectivity index (χ3n) is 4.99. The minimum absolute atomic E-state index is 0.00585. The van der Waals surface area contributed by atoms with Crippen molar-refractivity contribution in [3.63, 3.8) is 0 Å². The molecule has 0 aliphatic rings. The molecule has 2 heterocycles. The Morgan fingerprint density at radius 1 is 0.971 bits per heavy atom. The number of ether oxygens (including phenoxy) is 1. The van der Waals surface area contributed by atoms with Gasteiger partial charge in [-0.2, -0.15) is 4.98 Å². The lowest BCUT2D eigenvalue weighted by Gasteiger charge is -2.19. The van der Waals surface area contributed by atoms with Crippen LogP contribution < -0.4 is 11.3 Å². The van der Waals surface area contributed by atoms with Gasteiger partial charge in [-0.3, -0.25) is 18.9 Å². The van der Waals surface area contributed by atoms with Gasteiger partial charge in [0.1, 0.15) is 6.73 Å². The fourth-order valence-corrected chi connectivity index (χ4v) is 4.79. The Labute approximate surface area is 196 Å². The van der Waals surface area contributed by atoms with Crippen LogP contribution in [0.25, 0.3) is 11.2 Å². The third kappa shape index (κ3) is 6.39. The number of H-pyrrole nitrogens is 1. The average Bonchev–Trinajstić information content (AvgIpc) is 3.26. The predicted octanol–water partition coefficient (Wildman–Crippen LogP) is 3.69. The summed E-state index contributed by atoms with van der Waals surface area (Å²) in [6, 6.07) is 19.1.